The number of rotatable bonds is 9. The lowest BCUT2D eigenvalue weighted by molar-refractivity contribution is 0.362. The smallest absolute Gasteiger partial charge is 0.141 e. The average Bonchev–Trinajstić information content (AvgIpc) is 2.63. The normalized spacial score (nSPS) is 11.6. The first kappa shape index (κ1) is 20.1. The summed E-state index contributed by atoms with van der Waals surface area (Å²) < 4.78 is 34.6. The van der Waals surface area contributed by atoms with Crippen molar-refractivity contribution in [1.82, 2.24) is 0 Å². The molecule has 0 saturated heterocycles. The van der Waals surface area contributed by atoms with E-state index in [1.54, 1.807) is 24.3 Å². The number of hydrogen-bond acceptors (Lipinski definition) is 3. The lowest BCUT2D eigenvalue weighted by atomic mass is 10.3. The Kier molecular flexibility index (Phi) is 8.25. The lowest BCUT2D eigenvalue weighted by Crippen LogP contribution is -1.93. The number of allylic oxidation sites excluding steroid dienone is 4. The van der Waals surface area contributed by atoms with Crippen LogP contribution in [0.3, 0.4) is 0 Å². The van der Waals surface area contributed by atoms with Crippen molar-refractivity contribution in [3.05, 3.63) is 94.9 Å². The van der Waals surface area contributed by atoms with Crippen LogP contribution in [0.4, 0.5) is 14.5 Å². The van der Waals surface area contributed by atoms with Gasteiger partial charge in [-0.05, 0) is 60.8 Å². The van der Waals surface area contributed by atoms with Gasteiger partial charge in [0, 0.05) is 10.6 Å². The molecule has 0 aliphatic carbocycles. The molecule has 6 heteroatoms. The highest BCUT2D eigenvalue weighted by molar-refractivity contribution is 8.04. The van der Waals surface area contributed by atoms with Gasteiger partial charge < -0.3 is 9.46 Å². The molecule has 0 heterocycles. The number of benzene rings is 2. The number of ether oxygens (including phenoxy) is 1. The van der Waals surface area contributed by atoms with Gasteiger partial charge in [0.05, 0.1) is 5.02 Å². The van der Waals surface area contributed by atoms with E-state index in [9.17, 15) is 8.78 Å². The van der Waals surface area contributed by atoms with E-state index in [0.717, 1.165) is 4.91 Å². The van der Waals surface area contributed by atoms with Crippen molar-refractivity contribution in [3.8, 4) is 5.75 Å². The van der Waals surface area contributed by atoms with Gasteiger partial charge in [0.2, 0.25) is 0 Å². The predicted molar refractivity (Wildman–Crippen MR) is 107 cm³/mol. The van der Waals surface area contributed by atoms with Crippen LogP contribution in [0.1, 0.15) is 6.42 Å². The predicted octanol–water partition coefficient (Wildman–Crippen LogP) is 6.77. The molecule has 0 fully saturated rings. The first-order valence-corrected chi connectivity index (χ1v) is 9.01. The Hall–Kier alpha value is -2.24. The van der Waals surface area contributed by atoms with Crippen LogP contribution in [-0.2, 0) is 0 Å². The summed E-state index contributed by atoms with van der Waals surface area (Å²) in [6.07, 6.45) is 8.10. The van der Waals surface area contributed by atoms with Gasteiger partial charge in [0.15, 0.2) is 0 Å². The molecule has 0 aromatic heterocycles. The summed E-state index contributed by atoms with van der Waals surface area (Å²) in [5.41, 5.74) is 0.708. The molecule has 0 bridgehead atoms. The Morgan fingerprint density at radius 2 is 1.92 bits per heavy atom. The van der Waals surface area contributed by atoms with E-state index in [1.807, 2.05) is 18.2 Å². The van der Waals surface area contributed by atoms with Crippen LogP contribution in [0.5, 0.6) is 5.75 Å². The largest absolute Gasteiger partial charge is 0.490 e. The molecule has 0 aliphatic heterocycles. The number of nitrogens with one attached hydrogen (secondary N) is 1. The summed E-state index contributed by atoms with van der Waals surface area (Å²) in [6.45, 7) is 4.09. The lowest BCUT2D eigenvalue weighted by Gasteiger charge is -2.08. The quantitative estimate of drug-likeness (QED) is 0.288. The molecule has 0 saturated carbocycles. The standard InChI is InChI=1S/C20H18ClF2NOS/c1-2-5-18(26-24-16-9-12-20(23)19(21)14-16)6-3-4-13-25-17-10-7-15(22)8-11-17/h2-5,7-12,14,24H,1,6,13H2/b4-3-,18-5+. The maximum atomic E-state index is 13.2. The minimum atomic E-state index is -0.451. The van der Waals surface area contributed by atoms with Crippen molar-refractivity contribution in [2.24, 2.45) is 0 Å². The molecule has 0 aliphatic rings. The van der Waals surface area contributed by atoms with E-state index in [2.05, 4.69) is 11.3 Å². The molecule has 2 aromatic carbocycles. The third kappa shape index (κ3) is 6.94. The Morgan fingerprint density at radius 1 is 1.15 bits per heavy atom. The van der Waals surface area contributed by atoms with Crippen molar-refractivity contribution in [2.45, 2.75) is 6.42 Å². The third-order valence-electron chi connectivity index (χ3n) is 3.17. The number of hydrogen-bond donors (Lipinski definition) is 1. The second-order valence-corrected chi connectivity index (χ2v) is 6.48. The molecular formula is C20H18ClF2NOS. The Morgan fingerprint density at radius 3 is 2.62 bits per heavy atom. The minimum absolute atomic E-state index is 0.0719. The van der Waals surface area contributed by atoms with Gasteiger partial charge in [-0.3, -0.25) is 0 Å². The van der Waals surface area contributed by atoms with Gasteiger partial charge in [-0.2, -0.15) is 0 Å². The van der Waals surface area contributed by atoms with Gasteiger partial charge in [-0.25, -0.2) is 8.78 Å². The fourth-order valence-electron chi connectivity index (χ4n) is 1.90. The summed E-state index contributed by atoms with van der Waals surface area (Å²) in [6, 6.07) is 10.3. The molecule has 136 valence electrons. The van der Waals surface area contributed by atoms with Gasteiger partial charge in [-0.1, -0.05) is 42.5 Å². The zero-order chi connectivity index (χ0) is 18.8. The fraction of sp³-hybridized carbons (Fsp3) is 0.100. The second kappa shape index (κ2) is 10.7. The van der Waals surface area contributed by atoms with E-state index >= 15 is 0 Å². The SMILES string of the molecule is C=C/C=C(\C/C=C\COc1ccc(F)cc1)SNc1ccc(F)c(Cl)c1. The molecule has 0 unspecified atom stereocenters. The fourth-order valence-corrected chi connectivity index (χ4v) is 2.80. The summed E-state index contributed by atoms with van der Waals surface area (Å²) in [5.74, 6) is -0.130. The van der Waals surface area contributed by atoms with Crippen LogP contribution in [-0.4, -0.2) is 6.61 Å². The second-order valence-electron chi connectivity index (χ2n) is 5.14. The van der Waals surface area contributed by atoms with Crippen molar-refractivity contribution < 1.29 is 13.5 Å². The summed E-state index contributed by atoms with van der Waals surface area (Å²) in [5, 5.41) is 0.0719. The highest BCUT2D eigenvalue weighted by atomic mass is 35.5. The Bertz CT molecular complexity index is 791. The van der Waals surface area contributed by atoms with Crippen LogP contribution in [0.15, 0.2) is 78.3 Å². The minimum Gasteiger partial charge on any atom is -0.490 e. The third-order valence-corrected chi connectivity index (χ3v) is 4.36. The highest BCUT2D eigenvalue weighted by Crippen LogP contribution is 2.26. The number of anilines is 1. The van der Waals surface area contributed by atoms with Gasteiger partial charge in [0.25, 0.3) is 0 Å². The molecular weight excluding hydrogens is 376 g/mol. The Labute approximate surface area is 161 Å². The average molecular weight is 394 g/mol. The topological polar surface area (TPSA) is 21.3 Å². The molecule has 0 amide bonds. The van der Waals surface area contributed by atoms with Gasteiger partial charge >= 0.3 is 0 Å². The van der Waals surface area contributed by atoms with Crippen LogP contribution in [0, 0.1) is 11.6 Å². The molecule has 0 spiro atoms. The van der Waals surface area contributed by atoms with E-state index in [-0.39, 0.29) is 10.8 Å². The van der Waals surface area contributed by atoms with Gasteiger partial charge in [-0.15, -0.1) is 0 Å². The maximum Gasteiger partial charge on any atom is 0.141 e. The number of halogens is 3. The van der Waals surface area contributed by atoms with E-state index in [1.165, 1.54) is 36.2 Å². The van der Waals surface area contributed by atoms with Crippen molar-refractivity contribution in [1.29, 1.82) is 0 Å². The molecule has 2 nitrogen and oxygen atoms in total. The van der Waals surface area contributed by atoms with Crippen LogP contribution in [0.25, 0.3) is 0 Å². The Balaban J connectivity index is 1.79. The van der Waals surface area contributed by atoms with Crippen molar-refractivity contribution in [2.75, 3.05) is 11.3 Å². The van der Waals surface area contributed by atoms with E-state index in [4.69, 9.17) is 16.3 Å². The van der Waals surface area contributed by atoms with E-state index in [0.29, 0.717) is 24.5 Å². The van der Waals surface area contributed by atoms with Crippen LogP contribution < -0.4 is 9.46 Å². The molecule has 0 radical (unpaired) electrons. The zero-order valence-electron chi connectivity index (χ0n) is 13.9. The monoisotopic (exact) mass is 393 g/mol. The molecule has 0 atom stereocenters. The van der Waals surface area contributed by atoms with E-state index < -0.39 is 5.82 Å². The summed E-state index contributed by atoms with van der Waals surface area (Å²) in [7, 11) is 0. The first-order valence-electron chi connectivity index (χ1n) is 7.81. The van der Waals surface area contributed by atoms with Crippen molar-refractivity contribution in [3.63, 3.8) is 0 Å². The molecule has 2 aromatic rings. The molecule has 26 heavy (non-hydrogen) atoms. The summed E-state index contributed by atoms with van der Waals surface area (Å²) >= 11 is 7.16. The first-order chi connectivity index (χ1) is 12.6. The molecule has 1 N–H and O–H groups in total. The zero-order valence-corrected chi connectivity index (χ0v) is 15.5. The van der Waals surface area contributed by atoms with Crippen LogP contribution >= 0.6 is 23.5 Å². The van der Waals surface area contributed by atoms with Gasteiger partial charge in [0.1, 0.15) is 24.0 Å². The maximum absolute atomic E-state index is 13.2. The highest BCUT2D eigenvalue weighted by Gasteiger charge is 2.02. The van der Waals surface area contributed by atoms with Crippen molar-refractivity contribution >= 4 is 29.2 Å². The molecule has 2 rings (SSSR count). The van der Waals surface area contributed by atoms with Crippen LogP contribution in [0.2, 0.25) is 5.02 Å². The summed E-state index contributed by atoms with van der Waals surface area (Å²) in [4.78, 5) is 1.01.